The van der Waals surface area contributed by atoms with E-state index in [1.54, 1.807) is 6.07 Å². The van der Waals surface area contributed by atoms with Crippen molar-refractivity contribution in [3.8, 4) is 0 Å². The molecule has 2 aromatic rings. The molecule has 21 heavy (non-hydrogen) atoms. The van der Waals surface area contributed by atoms with Crippen LogP contribution in [0.4, 0.5) is 4.39 Å². The first-order valence-corrected chi connectivity index (χ1v) is 8.18. The van der Waals surface area contributed by atoms with Crippen molar-refractivity contribution in [3.05, 3.63) is 35.4 Å². The van der Waals surface area contributed by atoms with Gasteiger partial charge in [-0.1, -0.05) is 18.6 Å². The number of rotatable bonds is 4. The summed E-state index contributed by atoms with van der Waals surface area (Å²) in [5, 5.41) is 9.31. The Morgan fingerprint density at radius 1 is 1.24 bits per heavy atom. The zero-order valence-electron chi connectivity index (χ0n) is 11.9. The van der Waals surface area contributed by atoms with E-state index < -0.39 is 0 Å². The predicted molar refractivity (Wildman–Crippen MR) is 80.9 cm³/mol. The molecule has 0 spiro atoms. The Morgan fingerprint density at radius 3 is 3.00 bits per heavy atom. The van der Waals surface area contributed by atoms with Crippen molar-refractivity contribution in [2.75, 3.05) is 6.54 Å². The Labute approximate surface area is 127 Å². The maximum Gasteiger partial charge on any atom is 0.196 e. The van der Waals surface area contributed by atoms with Crippen molar-refractivity contribution < 1.29 is 4.39 Å². The van der Waals surface area contributed by atoms with Crippen LogP contribution in [0.15, 0.2) is 28.3 Å². The molecule has 0 radical (unpaired) electrons. The number of hydrogen-bond acceptors (Lipinski definition) is 4. The number of hydrogen-bond donors (Lipinski definition) is 1. The highest BCUT2D eigenvalue weighted by molar-refractivity contribution is 7.99. The molecule has 1 aromatic heterocycles. The lowest BCUT2D eigenvalue weighted by Gasteiger charge is -2.10. The summed E-state index contributed by atoms with van der Waals surface area (Å²) in [6.07, 6.45) is 5.12. The van der Waals surface area contributed by atoms with Gasteiger partial charge in [0.15, 0.2) is 5.16 Å². The van der Waals surface area contributed by atoms with Crippen molar-refractivity contribution >= 4 is 11.8 Å². The zero-order chi connectivity index (χ0) is 14.7. The van der Waals surface area contributed by atoms with Gasteiger partial charge in [0.05, 0.1) is 4.90 Å². The maximum atomic E-state index is 14.2. The topological polar surface area (TPSA) is 56.7 Å². The van der Waals surface area contributed by atoms with E-state index in [0.29, 0.717) is 17.9 Å². The minimum absolute atomic E-state index is 0.211. The van der Waals surface area contributed by atoms with E-state index in [1.165, 1.54) is 24.2 Å². The Bertz CT molecular complexity index is 626. The number of aryl methyl sites for hydroxylation is 1. The smallest absolute Gasteiger partial charge is 0.196 e. The fraction of sp³-hybridized carbons (Fsp3) is 0.467. The molecule has 2 N–H and O–H groups in total. The molecule has 1 aliphatic rings. The molecule has 0 aliphatic carbocycles. The summed E-state index contributed by atoms with van der Waals surface area (Å²) in [5.74, 6) is 0.809. The van der Waals surface area contributed by atoms with Crippen molar-refractivity contribution in [2.24, 2.45) is 5.73 Å². The fourth-order valence-electron chi connectivity index (χ4n) is 2.65. The minimum atomic E-state index is -0.211. The molecule has 0 saturated heterocycles. The Hall–Kier alpha value is -1.40. The van der Waals surface area contributed by atoms with Gasteiger partial charge in [0.1, 0.15) is 11.6 Å². The largest absolute Gasteiger partial charge is 0.330 e. The van der Waals surface area contributed by atoms with E-state index in [0.717, 1.165) is 42.4 Å². The third-order valence-electron chi connectivity index (χ3n) is 3.73. The number of halogens is 1. The molecule has 0 bridgehead atoms. The summed E-state index contributed by atoms with van der Waals surface area (Å²) in [4.78, 5) is 0.627. The number of fused-ring (bicyclic) bond motifs is 1. The van der Waals surface area contributed by atoms with Crippen molar-refractivity contribution in [1.82, 2.24) is 14.8 Å². The first-order chi connectivity index (χ1) is 10.3. The fourth-order valence-corrected chi connectivity index (χ4v) is 3.68. The molecule has 0 amide bonds. The highest BCUT2D eigenvalue weighted by atomic mass is 32.2. The third kappa shape index (κ3) is 3.11. The number of aromatic nitrogens is 3. The number of benzene rings is 1. The molecule has 0 unspecified atom stereocenters. The quantitative estimate of drug-likeness (QED) is 0.943. The van der Waals surface area contributed by atoms with Gasteiger partial charge in [0.2, 0.25) is 0 Å². The lowest BCUT2D eigenvalue weighted by Crippen LogP contribution is -2.06. The van der Waals surface area contributed by atoms with Gasteiger partial charge in [0.25, 0.3) is 0 Å². The average Bonchev–Trinajstić information content (AvgIpc) is 2.70. The van der Waals surface area contributed by atoms with Crippen molar-refractivity contribution in [3.63, 3.8) is 0 Å². The highest BCUT2D eigenvalue weighted by Crippen LogP contribution is 2.33. The first kappa shape index (κ1) is 14.5. The standard InChI is InChI=1S/C15H19FN4S/c16-12-6-4-5-11(8-9-17)14(12)21-15-19-18-13-7-2-1-3-10-20(13)15/h4-6H,1-3,7-10,17H2. The SMILES string of the molecule is NCCc1cccc(F)c1Sc1nnc2n1CCCCC2. The molecule has 4 nitrogen and oxygen atoms in total. The van der Waals surface area contributed by atoms with Crippen LogP contribution in [0.5, 0.6) is 0 Å². The molecule has 6 heteroatoms. The molecule has 3 rings (SSSR count). The number of nitrogens with zero attached hydrogens (tertiary/aromatic N) is 3. The highest BCUT2D eigenvalue weighted by Gasteiger charge is 2.18. The minimum Gasteiger partial charge on any atom is -0.330 e. The lowest BCUT2D eigenvalue weighted by atomic mass is 10.1. The molecule has 2 heterocycles. The maximum absolute atomic E-state index is 14.2. The van der Waals surface area contributed by atoms with Gasteiger partial charge < -0.3 is 10.3 Å². The summed E-state index contributed by atoms with van der Waals surface area (Å²) in [6, 6.07) is 5.15. The van der Waals surface area contributed by atoms with Crippen LogP contribution in [0.1, 0.15) is 30.7 Å². The molecule has 112 valence electrons. The van der Waals surface area contributed by atoms with Crippen LogP contribution < -0.4 is 5.73 Å². The van der Waals surface area contributed by atoms with E-state index in [-0.39, 0.29) is 5.82 Å². The molecule has 0 atom stereocenters. The Balaban J connectivity index is 1.92. The Kier molecular flexibility index (Phi) is 4.55. The second-order valence-corrected chi connectivity index (χ2v) is 6.21. The van der Waals surface area contributed by atoms with Crippen molar-refractivity contribution in [2.45, 2.75) is 48.7 Å². The van der Waals surface area contributed by atoms with Crippen LogP contribution in [0, 0.1) is 5.82 Å². The van der Waals surface area contributed by atoms with Crippen molar-refractivity contribution in [1.29, 1.82) is 0 Å². The second kappa shape index (κ2) is 6.58. The monoisotopic (exact) mass is 306 g/mol. The average molecular weight is 306 g/mol. The van der Waals surface area contributed by atoms with Gasteiger partial charge in [-0.2, -0.15) is 0 Å². The van der Waals surface area contributed by atoms with Gasteiger partial charge >= 0.3 is 0 Å². The third-order valence-corrected chi connectivity index (χ3v) is 4.88. The van der Waals surface area contributed by atoms with E-state index in [2.05, 4.69) is 14.8 Å². The van der Waals surface area contributed by atoms with Crippen LogP contribution in [0.2, 0.25) is 0 Å². The van der Waals surface area contributed by atoms with E-state index in [1.807, 2.05) is 6.07 Å². The molecule has 1 aromatic carbocycles. The first-order valence-electron chi connectivity index (χ1n) is 7.37. The van der Waals surface area contributed by atoms with Gasteiger partial charge in [-0.3, -0.25) is 0 Å². The molecule has 1 aliphatic heterocycles. The molecule has 0 saturated carbocycles. The summed E-state index contributed by atoms with van der Waals surface area (Å²) >= 11 is 1.37. The number of nitrogens with two attached hydrogens (primary N) is 1. The summed E-state index contributed by atoms with van der Waals surface area (Å²) < 4.78 is 16.3. The van der Waals surface area contributed by atoms with Gasteiger partial charge in [-0.15, -0.1) is 10.2 Å². The molecule has 0 fully saturated rings. The van der Waals surface area contributed by atoms with E-state index in [4.69, 9.17) is 5.73 Å². The lowest BCUT2D eigenvalue weighted by molar-refractivity contribution is 0.584. The molecular weight excluding hydrogens is 287 g/mol. The van der Waals surface area contributed by atoms with Crippen LogP contribution in [-0.4, -0.2) is 21.3 Å². The second-order valence-electron chi connectivity index (χ2n) is 5.23. The molecular formula is C15H19FN4S. The summed E-state index contributed by atoms with van der Waals surface area (Å²) in [5.41, 5.74) is 6.56. The normalized spacial score (nSPS) is 14.8. The van der Waals surface area contributed by atoms with Gasteiger partial charge in [0, 0.05) is 13.0 Å². The van der Waals surface area contributed by atoms with E-state index in [9.17, 15) is 4.39 Å². The van der Waals surface area contributed by atoms with E-state index >= 15 is 0 Å². The van der Waals surface area contributed by atoms with Crippen LogP contribution in [-0.2, 0) is 19.4 Å². The predicted octanol–water partition coefficient (Wildman–Crippen LogP) is 2.80. The van der Waals surface area contributed by atoms with Crippen LogP contribution >= 0.6 is 11.8 Å². The van der Waals surface area contributed by atoms with Crippen LogP contribution in [0.3, 0.4) is 0 Å². The zero-order valence-corrected chi connectivity index (χ0v) is 12.7. The summed E-state index contributed by atoms with van der Waals surface area (Å²) in [6.45, 7) is 1.43. The van der Waals surface area contributed by atoms with Gasteiger partial charge in [-0.05, 0) is 49.2 Å². The van der Waals surface area contributed by atoms with Gasteiger partial charge in [-0.25, -0.2) is 4.39 Å². The Morgan fingerprint density at radius 2 is 2.14 bits per heavy atom. The van der Waals surface area contributed by atoms with Crippen LogP contribution in [0.25, 0.3) is 0 Å². The summed E-state index contributed by atoms with van der Waals surface area (Å²) in [7, 11) is 0.